The van der Waals surface area contributed by atoms with Crippen LogP contribution in [-0.4, -0.2) is 20.8 Å². The fourth-order valence-corrected chi connectivity index (χ4v) is 2.68. The van der Waals surface area contributed by atoms with Crippen LogP contribution in [0.5, 0.6) is 0 Å². The van der Waals surface area contributed by atoms with Gasteiger partial charge in [-0.25, -0.2) is 9.67 Å². The molecule has 0 saturated heterocycles. The van der Waals surface area contributed by atoms with Gasteiger partial charge in [0, 0.05) is 30.3 Å². The van der Waals surface area contributed by atoms with Gasteiger partial charge in [0.25, 0.3) is 0 Å². The lowest BCUT2D eigenvalue weighted by atomic mass is 10.1. The zero-order valence-electron chi connectivity index (χ0n) is 11.8. The Morgan fingerprint density at radius 3 is 2.85 bits per heavy atom. The number of hydrogen-bond donors (Lipinski definition) is 1. The molecule has 0 aliphatic heterocycles. The van der Waals surface area contributed by atoms with Crippen LogP contribution < -0.4 is 5.32 Å². The molecule has 0 bridgehead atoms. The Kier molecular flexibility index (Phi) is 2.84. The SMILES string of the molecule is Cc1ccnc(-n2ncc(CNC3CC3)c2C2CC2)c1. The first kappa shape index (κ1) is 12.1. The Bertz CT molecular complexity index is 623. The van der Waals surface area contributed by atoms with Gasteiger partial charge in [-0.1, -0.05) is 0 Å². The molecular weight excluding hydrogens is 248 g/mol. The van der Waals surface area contributed by atoms with Crippen LogP contribution in [0.1, 0.15) is 48.4 Å². The van der Waals surface area contributed by atoms with E-state index in [1.165, 1.54) is 42.5 Å². The number of hydrogen-bond acceptors (Lipinski definition) is 3. The Hall–Kier alpha value is -1.68. The first-order valence-electron chi connectivity index (χ1n) is 7.54. The van der Waals surface area contributed by atoms with E-state index in [2.05, 4.69) is 33.1 Å². The van der Waals surface area contributed by atoms with E-state index in [1.807, 2.05) is 18.5 Å². The molecule has 104 valence electrons. The van der Waals surface area contributed by atoms with Crippen LogP contribution >= 0.6 is 0 Å². The summed E-state index contributed by atoms with van der Waals surface area (Å²) in [6.45, 7) is 3.04. The van der Waals surface area contributed by atoms with Crippen LogP contribution in [0.3, 0.4) is 0 Å². The van der Waals surface area contributed by atoms with Crippen LogP contribution in [0.15, 0.2) is 24.5 Å². The van der Waals surface area contributed by atoms with Gasteiger partial charge in [0.1, 0.15) is 0 Å². The molecule has 1 N–H and O–H groups in total. The highest BCUT2D eigenvalue weighted by atomic mass is 15.3. The summed E-state index contributed by atoms with van der Waals surface area (Å²) in [7, 11) is 0. The molecule has 4 rings (SSSR count). The minimum atomic E-state index is 0.677. The molecule has 2 fully saturated rings. The molecule has 2 aromatic rings. The molecule has 20 heavy (non-hydrogen) atoms. The van der Waals surface area contributed by atoms with Crippen molar-refractivity contribution in [3.05, 3.63) is 41.3 Å². The summed E-state index contributed by atoms with van der Waals surface area (Å²) < 4.78 is 2.05. The van der Waals surface area contributed by atoms with E-state index < -0.39 is 0 Å². The molecule has 0 spiro atoms. The summed E-state index contributed by atoms with van der Waals surface area (Å²) in [6.07, 6.45) is 9.11. The number of pyridine rings is 1. The van der Waals surface area contributed by atoms with E-state index in [1.54, 1.807) is 0 Å². The van der Waals surface area contributed by atoms with Crippen molar-refractivity contribution in [3.63, 3.8) is 0 Å². The minimum absolute atomic E-state index is 0.677. The second-order valence-electron chi connectivity index (χ2n) is 6.09. The monoisotopic (exact) mass is 268 g/mol. The molecule has 4 nitrogen and oxygen atoms in total. The molecule has 0 amide bonds. The number of aromatic nitrogens is 3. The van der Waals surface area contributed by atoms with Gasteiger partial charge in [0.05, 0.1) is 11.9 Å². The number of nitrogens with zero attached hydrogens (tertiary/aromatic N) is 3. The highest BCUT2D eigenvalue weighted by Crippen LogP contribution is 2.42. The fourth-order valence-electron chi connectivity index (χ4n) is 2.68. The largest absolute Gasteiger partial charge is 0.310 e. The maximum atomic E-state index is 4.60. The molecule has 4 heteroatoms. The predicted octanol–water partition coefficient (Wildman–Crippen LogP) is 2.71. The smallest absolute Gasteiger partial charge is 0.153 e. The molecule has 0 atom stereocenters. The lowest BCUT2D eigenvalue weighted by molar-refractivity contribution is 0.678. The third kappa shape index (κ3) is 2.36. The number of rotatable bonds is 5. The first-order chi connectivity index (χ1) is 9.81. The minimum Gasteiger partial charge on any atom is -0.310 e. The molecule has 2 heterocycles. The van der Waals surface area contributed by atoms with Gasteiger partial charge in [-0.05, 0) is 50.3 Å². The van der Waals surface area contributed by atoms with Crippen LogP contribution in [0.25, 0.3) is 5.82 Å². The summed E-state index contributed by atoms with van der Waals surface area (Å²) >= 11 is 0. The highest BCUT2D eigenvalue weighted by Gasteiger charge is 2.31. The lowest BCUT2D eigenvalue weighted by Crippen LogP contribution is -2.16. The summed E-state index contributed by atoms with van der Waals surface area (Å²) in [4.78, 5) is 4.48. The maximum absolute atomic E-state index is 4.60. The van der Waals surface area contributed by atoms with Gasteiger partial charge in [0.2, 0.25) is 0 Å². The highest BCUT2D eigenvalue weighted by molar-refractivity contribution is 5.35. The van der Waals surface area contributed by atoms with Crippen molar-refractivity contribution in [1.82, 2.24) is 20.1 Å². The van der Waals surface area contributed by atoms with Crippen molar-refractivity contribution in [2.45, 2.75) is 51.1 Å². The van der Waals surface area contributed by atoms with Crippen molar-refractivity contribution >= 4 is 0 Å². The standard InChI is InChI=1S/C16H20N4/c1-11-6-7-17-15(8-11)20-16(12-2-3-12)13(10-19-20)9-18-14-4-5-14/h6-8,10,12,14,18H,2-5,9H2,1H3. The van der Waals surface area contributed by atoms with Crippen LogP contribution in [0.4, 0.5) is 0 Å². The van der Waals surface area contributed by atoms with E-state index in [0.717, 1.165) is 18.4 Å². The number of nitrogens with one attached hydrogen (secondary N) is 1. The Morgan fingerprint density at radius 1 is 1.30 bits per heavy atom. The predicted molar refractivity (Wildman–Crippen MR) is 77.9 cm³/mol. The van der Waals surface area contributed by atoms with Crippen LogP contribution in [0.2, 0.25) is 0 Å². The zero-order valence-corrected chi connectivity index (χ0v) is 11.8. The van der Waals surface area contributed by atoms with Gasteiger partial charge < -0.3 is 5.32 Å². The fraction of sp³-hybridized carbons (Fsp3) is 0.500. The molecule has 0 aromatic carbocycles. The van der Waals surface area contributed by atoms with E-state index in [4.69, 9.17) is 0 Å². The Balaban J connectivity index is 1.67. The van der Waals surface area contributed by atoms with Crippen molar-refractivity contribution in [2.24, 2.45) is 0 Å². The van der Waals surface area contributed by atoms with E-state index in [0.29, 0.717) is 5.92 Å². The molecular formula is C16H20N4. The van der Waals surface area contributed by atoms with Crippen LogP contribution in [0, 0.1) is 6.92 Å². The van der Waals surface area contributed by atoms with Crippen molar-refractivity contribution in [2.75, 3.05) is 0 Å². The summed E-state index contributed by atoms with van der Waals surface area (Å²) in [5.41, 5.74) is 3.95. The Morgan fingerprint density at radius 2 is 2.15 bits per heavy atom. The summed E-state index contributed by atoms with van der Waals surface area (Å²) in [5, 5.41) is 8.20. The second-order valence-corrected chi connectivity index (χ2v) is 6.09. The van der Waals surface area contributed by atoms with Crippen molar-refractivity contribution in [1.29, 1.82) is 0 Å². The van der Waals surface area contributed by atoms with Gasteiger partial charge >= 0.3 is 0 Å². The molecule has 2 saturated carbocycles. The van der Waals surface area contributed by atoms with Crippen LogP contribution in [-0.2, 0) is 6.54 Å². The van der Waals surface area contributed by atoms with Gasteiger partial charge in [-0.2, -0.15) is 5.10 Å². The first-order valence-corrected chi connectivity index (χ1v) is 7.54. The normalized spacial score (nSPS) is 18.4. The third-order valence-electron chi connectivity index (χ3n) is 4.13. The van der Waals surface area contributed by atoms with E-state index in [-0.39, 0.29) is 0 Å². The molecule has 2 aromatic heterocycles. The van der Waals surface area contributed by atoms with Gasteiger partial charge in [-0.15, -0.1) is 0 Å². The maximum Gasteiger partial charge on any atom is 0.153 e. The summed E-state index contributed by atoms with van der Waals surface area (Å²) in [6, 6.07) is 4.87. The zero-order chi connectivity index (χ0) is 13.5. The average molecular weight is 268 g/mol. The molecule has 0 radical (unpaired) electrons. The second kappa shape index (κ2) is 4.70. The van der Waals surface area contributed by atoms with E-state index in [9.17, 15) is 0 Å². The quantitative estimate of drug-likeness (QED) is 0.906. The third-order valence-corrected chi connectivity index (χ3v) is 4.13. The molecule has 0 unspecified atom stereocenters. The number of aryl methyl sites for hydroxylation is 1. The van der Waals surface area contributed by atoms with Gasteiger partial charge in [0.15, 0.2) is 5.82 Å². The Labute approximate surface area is 119 Å². The van der Waals surface area contributed by atoms with Gasteiger partial charge in [-0.3, -0.25) is 0 Å². The summed E-state index contributed by atoms with van der Waals surface area (Å²) in [5.74, 6) is 1.63. The van der Waals surface area contributed by atoms with Crippen molar-refractivity contribution in [3.8, 4) is 5.82 Å². The van der Waals surface area contributed by atoms with E-state index >= 15 is 0 Å². The topological polar surface area (TPSA) is 42.7 Å². The molecule has 2 aliphatic carbocycles. The average Bonchev–Trinajstić information content (AvgIpc) is 3.36. The lowest BCUT2D eigenvalue weighted by Gasteiger charge is -2.09. The van der Waals surface area contributed by atoms with Crippen molar-refractivity contribution < 1.29 is 0 Å². The molecule has 2 aliphatic rings.